The second-order valence-electron chi connectivity index (χ2n) is 4.87. The molecule has 2 rings (SSSR count). The molecule has 3 unspecified atom stereocenters. The highest BCUT2D eigenvalue weighted by molar-refractivity contribution is 6.30. The highest BCUT2D eigenvalue weighted by atomic mass is 35.5. The first-order valence-corrected chi connectivity index (χ1v) is 6.49. The number of benzene rings is 1. The van der Waals surface area contributed by atoms with E-state index in [4.69, 9.17) is 22.2 Å². The van der Waals surface area contributed by atoms with Crippen molar-refractivity contribution in [3.05, 3.63) is 34.6 Å². The van der Waals surface area contributed by atoms with E-state index in [1.165, 1.54) is 6.07 Å². The summed E-state index contributed by atoms with van der Waals surface area (Å²) in [5.41, 5.74) is 3.81. The van der Waals surface area contributed by atoms with Gasteiger partial charge in [-0.05, 0) is 37.5 Å². The molecule has 0 aliphatic carbocycles. The molecule has 1 saturated heterocycles. The summed E-state index contributed by atoms with van der Waals surface area (Å²) in [7, 11) is 0. The third-order valence-electron chi connectivity index (χ3n) is 3.45. The summed E-state index contributed by atoms with van der Waals surface area (Å²) >= 11 is 5.77. The van der Waals surface area contributed by atoms with Gasteiger partial charge >= 0.3 is 0 Å². The van der Waals surface area contributed by atoms with Crippen molar-refractivity contribution in [3.8, 4) is 0 Å². The molecule has 1 aromatic carbocycles. The second-order valence-corrected chi connectivity index (χ2v) is 5.27. The van der Waals surface area contributed by atoms with Gasteiger partial charge in [-0.2, -0.15) is 0 Å². The molecular formula is C13H18ClFN2O. The molecule has 0 bridgehead atoms. The van der Waals surface area contributed by atoms with Crippen molar-refractivity contribution in [2.75, 3.05) is 6.61 Å². The number of halogens is 2. The van der Waals surface area contributed by atoms with E-state index in [9.17, 15) is 4.39 Å². The molecule has 3 atom stereocenters. The van der Waals surface area contributed by atoms with Crippen LogP contribution in [0.3, 0.4) is 0 Å². The van der Waals surface area contributed by atoms with Gasteiger partial charge in [0, 0.05) is 12.0 Å². The number of rotatable bonds is 4. The van der Waals surface area contributed by atoms with Crippen LogP contribution in [-0.4, -0.2) is 18.8 Å². The molecule has 18 heavy (non-hydrogen) atoms. The molecule has 1 heterocycles. The Morgan fingerprint density at radius 2 is 2.39 bits per heavy atom. The van der Waals surface area contributed by atoms with E-state index in [1.54, 1.807) is 12.1 Å². The summed E-state index contributed by atoms with van der Waals surface area (Å²) in [6.45, 7) is 2.77. The minimum Gasteiger partial charge on any atom is -0.378 e. The first kappa shape index (κ1) is 13.7. The van der Waals surface area contributed by atoms with Crippen molar-refractivity contribution in [3.63, 3.8) is 0 Å². The smallest absolute Gasteiger partial charge is 0.141 e. The molecule has 0 saturated carbocycles. The normalized spacial score (nSPS) is 25.3. The van der Waals surface area contributed by atoms with Crippen molar-refractivity contribution in [2.24, 2.45) is 11.8 Å². The topological polar surface area (TPSA) is 47.3 Å². The largest absolute Gasteiger partial charge is 0.378 e. The fourth-order valence-corrected chi connectivity index (χ4v) is 2.62. The summed E-state index contributed by atoms with van der Waals surface area (Å²) in [6, 6.07) is 4.90. The SMILES string of the molecule is CC1CC(C(Cc2ccc(F)c(Cl)c2)NN)CO1. The van der Waals surface area contributed by atoms with Gasteiger partial charge in [-0.3, -0.25) is 11.3 Å². The summed E-state index contributed by atoms with van der Waals surface area (Å²) in [5.74, 6) is 5.59. The lowest BCUT2D eigenvalue weighted by molar-refractivity contribution is 0.117. The van der Waals surface area contributed by atoms with E-state index in [1.807, 2.05) is 0 Å². The van der Waals surface area contributed by atoms with E-state index in [0.29, 0.717) is 12.5 Å². The van der Waals surface area contributed by atoms with Crippen molar-refractivity contribution in [1.82, 2.24) is 5.43 Å². The molecule has 0 radical (unpaired) electrons. The fourth-order valence-electron chi connectivity index (χ4n) is 2.41. The number of nitrogens with one attached hydrogen (secondary N) is 1. The van der Waals surface area contributed by atoms with E-state index in [2.05, 4.69) is 12.3 Å². The van der Waals surface area contributed by atoms with E-state index >= 15 is 0 Å². The zero-order valence-corrected chi connectivity index (χ0v) is 11.1. The molecule has 0 aromatic heterocycles. The summed E-state index contributed by atoms with van der Waals surface area (Å²) in [6.07, 6.45) is 1.99. The molecule has 1 aromatic rings. The predicted molar refractivity (Wildman–Crippen MR) is 69.7 cm³/mol. The van der Waals surface area contributed by atoms with Crippen LogP contribution in [0.5, 0.6) is 0 Å². The first-order chi connectivity index (χ1) is 8.60. The fraction of sp³-hybridized carbons (Fsp3) is 0.538. The van der Waals surface area contributed by atoms with Gasteiger partial charge in [0.1, 0.15) is 5.82 Å². The number of nitrogens with two attached hydrogens (primary N) is 1. The maximum Gasteiger partial charge on any atom is 0.141 e. The predicted octanol–water partition coefficient (Wildman–Crippen LogP) is 2.28. The van der Waals surface area contributed by atoms with Crippen LogP contribution in [0, 0.1) is 11.7 Å². The Balaban J connectivity index is 2.03. The van der Waals surface area contributed by atoms with Gasteiger partial charge in [0.25, 0.3) is 0 Å². The van der Waals surface area contributed by atoms with Crippen LogP contribution in [0.4, 0.5) is 4.39 Å². The standard InChI is InChI=1S/C13H18ClFN2O/c1-8-4-10(7-18-8)13(17-16)6-9-2-3-12(15)11(14)5-9/h2-3,5,8,10,13,17H,4,6-7,16H2,1H3. The van der Waals surface area contributed by atoms with Gasteiger partial charge in [-0.15, -0.1) is 0 Å². The number of ether oxygens (including phenoxy) is 1. The highest BCUT2D eigenvalue weighted by Gasteiger charge is 2.29. The van der Waals surface area contributed by atoms with Crippen LogP contribution in [0.25, 0.3) is 0 Å². The van der Waals surface area contributed by atoms with Gasteiger partial charge in [0.2, 0.25) is 0 Å². The van der Waals surface area contributed by atoms with Crippen LogP contribution >= 0.6 is 11.6 Å². The molecular weight excluding hydrogens is 255 g/mol. The zero-order chi connectivity index (χ0) is 13.1. The lowest BCUT2D eigenvalue weighted by atomic mass is 9.92. The molecule has 0 amide bonds. The molecule has 100 valence electrons. The van der Waals surface area contributed by atoms with Crippen LogP contribution in [0.1, 0.15) is 18.9 Å². The summed E-state index contributed by atoms with van der Waals surface area (Å²) < 4.78 is 18.6. The Bertz CT molecular complexity index is 416. The molecule has 3 N–H and O–H groups in total. The average Bonchev–Trinajstić information content (AvgIpc) is 2.77. The quantitative estimate of drug-likeness (QED) is 0.653. The number of hydrogen-bond acceptors (Lipinski definition) is 3. The lowest BCUT2D eigenvalue weighted by Gasteiger charge is -2.21. The van der Waals surface area contributed by atoms with Crippen LogP contribution in [0.2, 0.25) is 5.02 Å². The Morgan fingerprint density at radius 1 is 1.61 bits per heavy atom. The molecule has 1 aliphatic heterocycles. The average molecular weight is 273 g/mol. The van der Waals surface area contributed by atoms with Gasteiger partial charge in [-0.25, -0.2) is 4.39 Å². The number of hydrogen-bond donors (Lipinski definition) is 2. The van der Waals surface area contributed by atoms with E-state index in [-0.39, 0.29) is 17.2 Å². The van der Waals surface area contributed by atoms with Gasteiger partial charge in [0.15, 0.2) is 0 Å². The third kappa shape index (κ3) is 3.20. The van der Waals surface area contributed by atoms with Crippen molar-refractivity contribution < 1.29 is 9.13 Å². The van der Waals surface area contributed by atoms with Gasteiger partial charge < -0.3 is 4.74 Å². The van der Waals surface area contributed by atoms with Crippen LogP contribution in [-0.2, 0) is 11.2 Å². The first-order valence-electron chi connectivity index (χ1n) is 6.11. The highest BCUT2D eigenvalue weighted by Crippen LogP contribution is 2.25. The Kier molecular flexibility index (Phi) is 4.56. The minimum absolute atomic E-state index is 0.122. The minimum atomic E-state index is -0.393. The maximum absolute atomic E-state index is 13.1. The zero-order valence-electron chi connectivity index (χ0n) is 10.3. The second kappa shape index (κ2) is 5.97. The monoisotopic (exact) mass is 272 g/mol. The van der Waals surface area contributed by atoms with Crippen molar-refractivity contribution in [2.45, 2.75) is 31.9 Å². The van der Waals surface area contributed by atoms with Crippen LogP contribution in [0.15, 0.2) is 18.2 Å². The molecule has 3 nitrogen and oxygen atoms in total. The van der Waals surface area contributed by atoms with Gasteiger partial charge in [0.05, 0.1) is 17.7 Å². The summed E-state index contributed by atoms with van der Waals surface area (Å²) in [5, 5.41) is 0.152. The van der Waals surface area contributed by atoms with E-state index in [0.717, 1.165) is 18.4 Å². The van der Waals surface area contributed by atoms with Crippen LogP contribution < -0.4 is 11.3 Å². The maximum atomic E-state index is 13.1. The van der Waals surface area contributed by atoms with Gasteiger partial charge in [-0.1, -0.05) is 17.7 Å². The summed E-state index contributed by atoms with van der Waals surface area (Å²) in [4.78, 5) is 0. The van der Waals surface area contributed by atoms with E-state index < -0.39 is 5.82 Å². The Hall–Kier alpha value is -0.680. The molecule has 1 aliphatic rings. The number of hydrazine groups is 1. The molecule has 5 heteroatoms. The van der Waals surface area contributed by atoms with Crippen molar-refractivity contribution in [1.29, 1.82) is 0 Å². The molecule has 1 fully saturated rings. The Morgan fingerprint density at radius 3 is 2.94 bits per heavy atom. The molecule has 0 spiro atoms. The Labute approximate surface area is 111 Å². The van der Waals surface area contributed by atoms with Crippen molar-refractivity contribution >= 4 is 11.6 Å². The lowest BCUT2D eigenvalue weighted by Crippen LogP contribution is -2.42. The third-order valence-corrected chi connectivity index (χ3v) is 3.74.